The summed E-state index contributed by atoms with van der Waals surface area (Å²) < 4.78 is 5.15. The van der Waals surface area contributed by atoms with Gasteiger partial charge in [-0.05, 0) is 61.4 Å². The lowest BCUT2D eigenvalue weighted by Crippen LogP contribution is -2.54. The van der Waals surface area contributed by atoms with Crippen LogP contribution in [-0.4, -0.2) is 36.1 Å². The van der Waals surface area contributed by atoms with Gasteiger partial charge in [-0.1, -0.05) is 43.3 Å². The van der Waals surface area contributed by atoms with Gasteiger partial charge in [-0.25, -0.2) is 0 Å². The first-order valence-corrected chi connectivity index (χ1v) is 12.8. The molecule has 8 heteroatoms. The molecule has 3 aromatic carbocycles. The third-order valence-corrected chi connectivity index (χ3v) is 7.50. The van der Waals surface area contributed by atoms with E-state index in [-0.39, 0.29) is 23.1 Å². The average molecular weight is 504 g/mol. The second kappa shape index (κ2) is 10.9. The molecule has 3 aromatic rings. The highest BCUT2D eigenvalue weighted by Gasteiger charge is 2.36. The van der Waals surface area contributed by atoms with Crippen LogP contribution < -0.4 is 20.3 Å². The topological polar surface area (TPSA) is 87.7 Å². The van der Waals surface area contributed by atoms with E-state index < -0.39 is 5.54 Å². The van der Waals surface area contributed by atoms with Gasteiger partial charge in [-0.2, -0.15) is 0 Å². The second-order valence-electron chi connectivity index (χ2n) is 8.71. The van der Waals surface area contributed by atoms with Gasteiger partial charge in [0, 0.05) is 16.9 Å². The molecule has 0 radical (unpaired) electrons. The van der Waals surface area contributed by atoms with Crippen molar-refractivity contribution in [3.63, 3.8) is 0 Å². The Morgan fingerprint density at radius 3 is 2.44 bits per heavy atom. The average Bonchev–Trinajstić information content (AvgIpc) is 3.30. The lowest BCUT2D eigenvalue weighted by Gasteiger charge is -2.29. The highest BCUT2D eigenvalue weighted by Crippen LogP contribution is 2.41. The molecule has 0 aliphatic carbocycles. The minimum atomic E-state index is -1.14. The first kappa shape index (κ1) is 25.3. The Hall–Kier alpha value is -3.78. The fourth-order valence-electron chi connectivity index (χ4n) is 3.94. The molecule has 3 amide bonds. The highest BCUT2D eigenvalue weighted by molar-refractivity contribution is 8.00. The molecule has 0 aromatic heterocycles. The summed E-state index contributed by atoms with van der Waals surface area (Å²) in [5.74, 6) is 0.333. The van der Waals surface area contributed by atoms with Crippen molar-refractivity contribution >= 4 is 40.9 Å². The molecule has 36 heavy (non-hydrogen) atoms. The Balaban J connectivity index is 1.51. The van der Waals surface area contributed by atoms with Gasteiger partial charge in [-0.15, -0.1) is 11.8 Å². The maximum atomic E-state index is 13.2. The van der Waals surface area contributed by atoms with Crippen LogP contribution >= 0.6 is 11.8 Å². The number of carbonyl (C=O) groups excluding carboxylic acids is 3. The predicted molar refractivity (Wildman–Crippen MR) is 143 cm³/mol. The van der Waals surface area contributed by atoms with Gasteiger partial charge in [0.1, 0.15) is 16.7 Å². The van der Waals surface area contributed by atoms with Crippen molar-refractivity contribution < 1.29 is 19.1 Å². The van der Waals surface area contributed by atoms with Crippen LogP contribution in [0, 0.1) is 0 Å². The summed E-state index contributed by atoms with van der Waals surface area (Å²) >= 11 is 1.56. The van der Waals surface area contributed by atoms with Crippen LogP contribution in [0.2, 0.25) is 0 Å². The van der Waals surface area contributed by atoms with Crippen molar-refractivity contribution in [3.8, 4) is 5.75 Å². The third kappa shape index (κ3) is 5.39. The fourth-order valence-corrected chi connectivity index (χ4v) is 5.11. The van der Waals surface area contributed by atoms with Gasteiger partial charge < -0.3 is 15.4 Å². The summed E-state index contributed by atoms with van der Waals surface area (Å²) in [7, 11) is 1.58. The Kier molecular flexibility index (Phi) is 7.64. The predicted octanol–water partition coefficient (Wildman–Crippen LogP) is 5.01. The molecule has 4 rings (SSSR count). The van der Waals surface area contributed by atoms with Crippen molar-refractivity contribution in [2.45, 2.75) is 31.2 Å². The van der Waals surface area contributed by atoms with Crippen molar-refractivity contribution in [2.24, 2.45) is 0 Å². The fraction of sp³-hybridized carbons (Fsp3) is 0.250. The quantitative estimate of drug-likeness (QED) is 0.451. The summed E-state index contributed by atoms with van der Waals surface area (Å²) in [4.78, 5) is 40.8. The molecule has 1 saturated heterocycles. The van der Waals surface area contributed by atoms with E-state index in [9.17, 15) is 14.4 Å². The monoisotopic (exact) mass is 503 g/mol. The first-order valence-electron chi connectivity index (χ1n) is 11.7. The molecule has 0 saturated carbocycles. The molecule has 1 aliphatic heterocycles. The maximum absolute atomic E-state index is 13.2. The molecule has 1 aliphatic rings. The van der Waals surface area contributed by atoms with E-state index in [2.05, 4.69) is 10.6 Å². The molecule has 0 bridgehead atoms. The summed E-state index contributed by atoms with van der Waals surface area (Å²) in [5, 5.41) is 5.59. The lowest BCUT2D eigenvalue weighted by atomic mass is 9.96. The van der Waals surface area contributed by atoms with Crippen LogP contribution in [0.4, 0.5) is 11.4 Å². The summed E-state index contributed by atoms with van der Waals surface area (Å²) in [6, 6.07) is 23.8. The van der Waals surface area contributed by atoms with E-state index in [1.165, 1.54) is 0 Å². The molecule has 0 spiro atoms. The smallest absolute Gasteiger partial charge is 0.252 e. The van der Waals surface area contributed by atoms with Crippen LogP contribution in [0.5, 0.6) is 5.75 Å². The number of ether oxygens (including phenoxy) is 1. The van der Waals surface area contributed by atoms with E-state index in [1.807, 2.05) is 43.3 Å². The molecule has 7 nitrogen and oxygen atoms in total. The van der Waals surface area contributed by atoms with Crippen LogP contribution in [-0.2, 0) is 9.59 Å². The Morgan fingerprint density at radius 1 is 1.06 bits per heavy atom. The molecular weight excluding hydrogens is 474 g/mol. The van der Waals surface area contributed by atoms with Crippen molar-refractivity contribution in [3.05, 3.63) is 90.0 Å². The summed E-state index contributed by atoms with van der Waals surface area (Å²) in [6.45, 7) is 3.54. The van der Waals surface area contributed by atoms with Crippen LogP contribution in [0.15, 0.2) is 78.9 Å². The van der Waals surface area contributed by atoms with Gasteiger partial charge in [-0.3, -0.25) is 19.3 Å². The maximum Gasteiger partial charge on any atom is 0.252 e. The second-order valence-corrected chi connectivity index (χ2v) is 9.78. The van der Waals surface area contributed by atoms with Crippen molar-refractivity contribution in [2.75, 3.05) is 23.1 Å². The first-order chi connectivity index (χ1) is 17.3. The summed E-state index contributed by atoms with van der Waals surface area (Å²) in [6.07, 6.45) is 0.387. The summed E-state index contributed by atoms with van der Waals surface area (Å²) in [5.41, 5.74) is 1.51. The van der Waals surface area contributed by atoms with Gasteiger partial charge in [0.2, 0.25) is 11.8 Å². The number of hydrogen-bond donors (Lipinski definition) is 2. The number of methoxy groups -OCH3 is 1. The van der Waals surface area contributed by atoms with Crippen LogP contribution in [0.25, 0.3) is 0 Å². The minimum absolute atomic E-state index is 0.0105. The van der Waals surface area contributed by atoms with Crippen molar-refractivity contribution in [1.29, 1.82) is 0 Å². The largest absolute Gasteiger partial charge is 0.497 e. The number of rotatable bonds is 8. The van der Waals surface area contributed by atoms with Crippen LogP contribution in [0.3, 0.4) is 0 Å². The zero-order valence-electron chi connectivity index (χ0n) is 20.5. The van der Waals surface area contributed by atoms with E-state index in [0.717, 1.165) is 5.56 Å². The number of anilines is 2. The zero-order chi connectivity index (χ0) is 25.7. The molecular formula is C28H29N3O4S. The zero-order valence-corrected chi connectivity index (χ0v) is 21.3. The number of benzene rings is 3. The molecule has 0 unspecified atom stereocenters. The van der Waals surface area contributed by atoms with E-state index in [4.69, 9.17) is 4.74 Å². The molecule has 1 fully saturated rings. The molecule has 2 N–H and O–H groups in total. The lowest BCUT2D eigenvalue weighted by molar-refractivity contribution is -0.121. The number of carbonyl (C=O) groups is 3. The highest BCUT2D eigenvalue weighted by atomic mass is 32.2. The number of nitrogens with zero attached hydrogens (tertiary/aromatic N) is 1. The Labute approximate surface area is 215 Å². The van der Waals surface area contributed by atoms with E-state index in [1.54, 1.807) is 73.2 Å². The van der Waals surface area contributed by atoms with E-state index in [0.29, 0.717) is 34.9 Å². The van der Waals surface area contributed by atoms with Gasteiger partial charge >= 0.3 is 0 Å². The number of amides is 3. The van der Waals surface area contributed by atoms with Crippen LogP contribution in [0.1, 0.15) is 41.6 Å². The molecule has 1 heterocycles. The van der Waals surface area contributed by atoms with Gasteiger partial charge in [0.25, 0.3) is 5.91 Å². The Bertz CT molecular complexity index is 1250. The van der Waals surface area contributed by atoms with Gasteiger partial charge in [0.05, 0.1) is 12.9 Å². The Morgan fingerprint density at radius 2 is 1.78 bits per heavy atom. The number of thioether (sulfide) groups is 1. The standard InChI is InChI=1S/C28H29N3O4S/c1-4-28(2,27(34)29-21-13-15-23(35-3)16-14-21)30-25(33)20-11-8-12-22(17-20)31-24(32)18-36-26(31)19-9-6-5-7-10-19/h5-17,26H,4,18H2,1-3H3,(H,29,34)(H,30,33)/t26-,28-/m1/s1. The number of hydrogen-bond acceptors (Lipinski definition) is 5. The molecule has 2 atom stereocenters. The molecule has 186 valence electrons. The normalized spacial score (nSPS) is 16.8. The SMILES string of the molecule is CC[C@@](C)(NC(=O)c1cccc(N2C(=O)CS[C@@H]2c2ccccc2)c1)C(=O)Nc1ccc(OC)cc1. The number of nitrogens with one attached hydrogen (secondary N) is 2. The van der Waals surface area contributed by atoms with E-state index >= 15 is 0 Å². The van der Waals surface area contributed by atoms with Crippen molar-refractivity contribution in [1.82, 2.24) is 5.32 Å². The minimum Gasteiger partial charge on any atom is -0.497 e. The van der Waals surface area contributed by atoms with Gasteiger partial charge in [0.15, 0.2) is 0 Å². The third-order valence-electron chi connectivity index (χ3n) is 6.28.